The summed E-state index contributed by atoms with van der Waals surface area (Å²) in [6.07, 6.45) is 3.24. The molecule has 0 amide bonds. The van der Waals surface area contributed by atoms with Gasteiger partial charge in [0.1, 0.15) is 0 Å². The zero-order chi connectivity index (χ0) is 12.3. The van der Waals surface area contributed by atoms with Crippen LogP contribution in [-0.4, -0.2) is 24.3 Å². The molecule has 1 fully saturated rings. The third-order valence-electron chi connectivity index (χ3n) is 3.85. The molecule has 0 heterocycles. The molecule has 2 atom stereocenters. The number of anilines is 1. The van der Waals surface area contributed by atoms with Crippen LogP contribution in [0.2, 0.25) is 0 Å². The fourth-order valence-corrected chi connectivity index (χ4v) is 2.69. The van der Waals surface area contributed by atoms with Gasteiger partial charge in [-0.2, -0.15) is 0 Å². The second-order valence-electron chi connectivity index (χ2n) is 5.13. The smallest absolute Gasteiger partial charge is 0.0585 e. The lowest BCUT2D eigenvalue weighted by molar-refractivity contribution is 0.135. The molecule has 0 spiro atoms. The largest absolute Gasteiger partial charge is 0.393 e. The molecule has 1 saturated carbocycles. The van der Waals surface area contributed by atoms with Gasteiger partial charge in [0.05, 0.1) is 6.10 Å². The summed E-state index contributed by atoms with van der Waals surface area (Å²) in [5.41, 5.74) is 2.57. The third kappa shape index (κ3) is 3.01. The van der Waals surface area contributed by atoms with Crippen LogP contribution < -0.4 is 4.90 Å². The summed E-state index contributed by atoms with van der Waals surface area (Å²) in [6.45, 7) is 6.29. The second kappa shape index (κ2) is 5.54. The summed E-state index contributed by atoms with van der Waals surface area (Å²) in [7, 11) is 0. The molecule has 0 aromatic heterocycles. The first-order valence-corrected chi connectivity index (χ1v) is 6.70. The highest BCUT2D eigenvalue weighted by molar-refractivity contribution is 5.47. The van der Waals surface area contributed by atoms with Gasteiger partial charge in [0.25, 0.3) is 0 Å². The van der Waals surface area contributed by atoms with Crippen LogP contribution in [0.25, 0.3) is 0 Å². The number of hydrogen-bond donors (Lipinski definition) is 1. The summed E-state index contributed by atoms with van der Waals surface area (Å²) in [6, 6.07) is 8.67. The maximum Gasteiger partial charge on any atom is 0.0585 e. The number of aliphatic hydroxyl groups excluding tert-OH is 1. The number of benzene rings is 1. The third-order valence-corrected chi connectivity index (χ3v) is 3.85. The van der Waals surface area contributed by atoms with Crippen LogP contribution in [0.1, 0.15) is 31.7 Å². The lowest BCUT2D eigenvalue weighted by Gasteiger charge is -2.28. The van der Waals surface area contributed by atoms with E-state index >= 15 is 0 Å². The molecule has 1 aromatic carbocycles. The van der Waals surface area contributed by atoms with Gasteiger partial charge >= 0.3 is 0 Å². The van der Waals surface area contributed by atoms with Gasteiger partial charge in [0.15, 0.2) is 0 Å². The molecule has 1 aliphatic carbocycles. The van der Waals surface area contributed by atoms with Crippen molar-refractivity contribution >= 4 is 5.69 Å². The van der Waals surface area contributed by atoms with E-state index in [9.17, 15) is 5.11 Å². The minimum absolute atomic E-state index is 0.0884. The monoisotopic (exact) mass is 233 g/mol. The lowest BCUT2D eigenvalue weighted by atomic mass is 10.0. The van der Waals surface area contributed by atoms with Crippen LogP contribution in [-0.2, 0) is 0 Å². The van der Waals surface area contributed by atoms with E-state index in [0.717, 1.165) is 19.5 Å². The Labute approximate surface area is 104 Å². The maximum atomic E-state index is 9.90. The lowest BCUT2D eigenvalue weighted by Crippen LogP contribution is -2.32. The van der Waals surface area contributed by atoms with Crippen LogP contribution in [0.4, 0.5) is 5.69 Å². The Kier molecular flexibility index (Phi) is 4.06. The molecule has 94 valence electrons. The highest BCUT2D eigenvalue weighted by atomic mass is 16.3. The number of nitrogens with zero attached hydrogens (tertiary/aromatic N) is 1. The highest BCUT2D eigenvalue weighted by Crippen LogP contribution is 2.28. The van der Waals surface area contributed by atoms with Gasteiger partial charge in [0, 0.05) is 24.7 Å². The van der Waals surface area contributed by atoms with Crippen LogP contribution in [0, 0.1) is 12.8 Å². The molecule has 0 bridgehead atoms. The summed E-state index contributed by atoms with van der Waals surface area (Å²) in [4.78, 5) is 2.37. The summed E-state index contributed by atoms with van der Waals surface area (Å²) < 4.78 is 0. The standard InChI is InChI=1S/C15H23NO/c1-3-16(11-13-5-4-6-15(13)17)14-9-7-12(2)8-10-14/h7-10,13,15,17H,3-6,11H2,1-2H3. The summed E-state index contributed by atoms with van der Waals surface area (Å²) in [5.74, 6) is 0.455. The highest BCUT2D eigenvalue weighted by Gasteiger charge is 2.26. The maximum absolute atomic E-state index is 9.90. The molecule has 1 aromatic rings. The minimum Gasteiger partial charge on any atom is -0.393 e. The van der Waals surface area contributed by atoms with Gasteiger partial charge in [-0.05, 0) is 38.8 Å². The van der Waals surface area contributed by atoms with Crippen LogP contribution >= 0.6 is 0 Å². The van der Waals surface area contributed by atoms with Gasteiger partial charge in [0.2, 0.25) is 0 Å². The van der Waals surface area contributed by atoms with E-state index in [-0.39, 0.29) is 6.10 Å². The van der Waals surface area contributed by atoms with Gasteiger partial charge in [-0.3, -0.25) is 0 Å². The van der Waals surface area contributed by atoms with Crippen molar-refractivity contribution in [2.24, 2.45) is 5.92 Å². The molecular formula is C15H23NO. The number of aryl methyl sites for hydroxylation is 1. The van der Waals surface area contributed by atoms with Crippen molar-refractivity contribution in [3.8, 4) is 0 Å². The number of rotatable bonds is 4. The Hall–Kier alpha value is -1.02. The first-order chi connectivity index (χ1) is 8.20. The van der Waals surface area contributed by atoms with E-state index in [1.807, 2.05) is 0 Å². The molecule has 2 heteroatoms. The molecule has 1 aliphatic rings. The van der Waals surface area contributed by atoms with Crippen molar-refractivity contribution in [2.75, 3.05) is 18.0 Å². The van der Waals surface area contributed by atoms with Crippen LogP contribution in [0.3, 0.4) is 0 Å². The fraction of sp³-hybridized carbons (Fsp3) is 0.600. The average molecular weight is 233 g/mol. The average Bonchev–Trinajstić information content (AvgIpc) is 2.73. The molecule has 1 N–H and O–H groups in total. The van der Waals surface area contributed by atoms with Crippen molar-refractivity contribution < 1.29 is 5.11 Å². The van der Waals surface area contributed by atoms with E-state index in [1.165, 1.54) is 24.1 Å². The fourth-order valence-electron chi connectivity index (χ4n) is 2.69. The molecule has 2 nitrogen and oxygen atoms in total. The van der Waals surface area contributed by atoms with E-state index in [1.54, 1.807) is 0 Å². The van der Waals surface area contributed by atoms with Gasteiger partial charge in [-0.1, -0.05) is 24.1 Å². The van der Waals surface area contributed by atoms with Gasteiger partial charge in [-0.25, -0.2) is 0 Å². The predicted octanol–water partition coefficient (Wildman–Crippen LogP) is 2.98. The Morgan fingerprint density at radius 1 is 1.24 bits per heavy atom. The summed E-state index contributed by atoms with van der Waals surface area (Å²) >= 11 is 0. The number of hydrogen-bond acceptors (Lipinski definition) is 2. The molecular weight excluding hydrogens is 210 g/mol. The van der Waals surface area contributed by atoms with Crippen LogP contribution in [0.15, 0.2) is 24.3 Å². The Balaban J connectivity index is 2.03. The van der Waals surface area contributed by atoms with Crippen LogP contribution in [0.5, 0.6) is 0 Å². The zero-order valence-electron chi connectivity index (χ0n) is 10.9. The second-order valence-corrected chi connectivity index (χ2v) is 5.13. The topological polar surface area (TPSA) is 23.5 Å². The Morgan fingerprint density at radius 2 is 1.94 bits per heavy atom. The first kappa shape index (κ1) is 12.4. The van der Waals surface area contributed by atoms with Crippen molar-refractivity contribution in [1.82, 2.24) is 0 Å². The Bertz CT molecular complexity index is 346. The molecule has 0 radical (unpaired) electrons. The quantitative estimate of drug-likeness (QED) is 0.864. The minimum atomic E-state index is -0.0884. The first-order valence-electron chi connectivity index (χ1n) is 6.70. The van der Waals surface area contributed by atoms with Crippen molar-refractivity contribution in [1.29, 1.82) is 0 Å². The van der Waals surface area contributed by atoms with Crippen molar-refractivity contribution in [3.63, 3.8) is 0 Å². The molecule has 2 rings (SSSR count). The van der Waals surface area contributed by atoms with E-state index in [4.69, 9.17) is 0 Å². The molecule has 0 saturated heterocycles. The predicted molar refractivity (Wildman–Crippen MR) is 72.4 cm³/mol. The molecule has 2 unspecified atom stereocenters. The van der Waals surface area contributed by atoms with E-state index < -0.39 is 0 Å². The summed E-state index contributed by atoms with van der Waals surface area (Å²) in [5, 5.41) is 9.90. The van der Waals surface area contributed by atoms with Crippen molar-refractivity contribution in [3.05, 3.63) is 29.8 Å². The van der Waals surface area contributed by atoms with Gasteiger partial charge in [-0.15, -0.1) is 0 Å². The molecule has 17 heavy (non-hydrogen) atoms. The zero-order valence-corrected chi connectivity index (χ0v) is 10.9. The molecule has 0 aliphatic heterocycles. The number of aliphatic hydroxyl groups is 1. The Morgan fingerprint density at radius 3 is 2.47 bits per heavy atom. The SMILES string of the molecule is CCN(CC1CCCC1O)c1ccc(C)cc1. The van der Waals surface area contributed by atoms with Gasteiger partial charge < -0.3 is 10.0 Å². The normalized spacial score (nSPS) is 23.9. The van der Waals surface area contributed by atoms with E-state index in [0.29, 0.717) is 5.92 Å². The van der Waals surface area contributed by atoms with Crippen molar-refractivity contribution in [2.45, 2.75) is 39.2 Å². The van der Waals surface area contributed by atoms with E-state index in [2.05, 4.69) is 43.0 Å².